The first-order valence-corrected chi connectivity index (χ1v) is 4.55. The fourth-order valence-corrected chi connectivity index (χ4v) is 1.11. The van der Waals surface area contributed by atoms with E-state index in [0.29, 0.717) is 5.69 Å². The Bertz CT molecular complexity index is 368. The van der Waals surface area contributed by atoms with Gasteiger partial charge in [-0.1, -0.05) is 6.07 Å². The average Bonchev–Trinajstić information content (AvgIpc) is 2.18. The van der Waals surface area contributed by atoms with Gasteiger partial charge in [-0.15, -0.1) is 0 Å². The van der Waals surface area contributed by atoms with Crippen LogP contribution >= 0.6 is 0 Å². The van der Waals surface area contributed by atoms with Gasteiger partial charge in [0, 0.05) is 12.2 Å². The molecule has 1 aromatic carbocycles. The zero-order valence-electron chi connectivity index (χ0n) is 8.46. The summed E-state index contributed by atoms with van der Waals surface area (Å²) in [7, 11) is 0. The molecule has 82 valence electrons. The number of carbonyl (C=O) groups excluding carboxylic acids is 1. The van der Waals surface area contributed by atoms with Gasteiger partial charge in [0.1, 0.15) is 11.9 Å². The second-order valence-corrected chi connectivity index (χ2v) is 3.35. The van der Waals surface area contributed by atoms with Crippen LogP contribution in [-0.2, 0) is 4.79 Å². The minimum atomic E-state index is -0.771. The predicted octanol–water partition coefficient (Wildman–Crippen LogP) is 0.359. The molecule has 1 unspecified atom stereocenters. The summed E-state index contributed by atoms with van der Waals surface area (Å²) in [6.07, 6.45) is 0. The molecule has 1 rings (SSSR count). The zero-order chi connectivity index (χ0) is 11.4. The van der Waals surface area contributed by atoms with Crippen molar-refractivity contribution in [3.05, 3.63) is 29.6 Å². The number of primary amides is 1. The summed E-state index contributed by atoms with van der Waals surface area (Å²) in [5, 5.41) is 2.87. The molecule has 1 amide bonds. The van der Waals surface area contributed by atoms with Crippen LogP contribution in [0.1, 0.15) is 5.56 Å². The van der Waals surface area contributed by atoms with Crippen LogP contribution in [0.15, 0.2) is 18.2 Å². The number of hydrogen-bond donors (Lipinski definition) is 3. The molecule has 0 spiro atoms. The van der Waals surface area contributed by atoms with Crippen LogP contribution in [0.3, 0.4) is 0 Å². The summed E-state index contributed by atoms with van der Waals surface area (Å²) in [5.41, 5.74) is 11.9. The predicted molar refractivity (Wildman–Crippen MR) is 56.8 cm³/mol. The fraction of sp³-hybridized carbons (Fsp3) is 0.300. The molecule has 0 aliphatic rings. The molecule has 1 aromatic rings. The van der Waals surface area contributed by atoms with E-state index in [9.17, 15) is 9.18 Å². The monoisotopic (exact) mass is 211 g/mol. The highest BCUT2D eigenvalue weighted by Crippen LogP contribution is 2.15. The molecule has 0 radical (unpaired) electrons. The molecule has 5 N–H and O–H groups in total. The second kappa shape index (κ2) is 4.75. The van der Waals surface area contributed by atoms with Crippen molar-refractivity contribution in [1.82, 2.24) is 0 Å². The maximum Gasteiger partial charge on any atom is 0.236 e. The molecular formula is C10H14FN3O. The molecule has 0 heterocycles. The van der Waals surface area contributed by atoms with Crippen LogP contribution in [0.4, 0.5) is 10.1 Å². The number of aryl methyl sites for hydroxylation is 1. The van der Waals surface area contributed by atoms with Gasteiger partial charge in [0.25, 0.3) is 0 Å². The van der Waals surface area contributed by atoms with E-state index in [-0.39, 0.29) is 12.4 Å². The third-order valence-electron chi connectivity index (χ3n) is 2.08. The van der Waals surface area contributed by atoms with E-state index in [1.165, 1.54) is 12.1 Å². The Balaban J connectivity index is 2.65. The Labute approximate surface area is 87.4 Å². The standard InChI is InChI=1S/C10H14FN3O/c1-6-2-3-7(11)4-9(6)14-5-8(12)10(13)15/h2-4,8,14H,5,12H2,1H3,(H2,13,15). The molecule has 0 aliphatic carbocycles. The van der Waals surface area contributed by atoms with Gasteiger partial charge in [-0.25, -0.2) is 4.39 Å². The molecule has 0 bridgehead atoms. The average molecular weight is 211 g/mol. The van der Waals surface area contributed by atoms with Gasteiger partial charge in [0.2, 0.25) is 5.91 Å². The lowest BCUT2D eigenvalue weighted by Crippen LogP contribution is -2.41. The highest BCUT2D eigenvalue weighted by Gasteiger charge is 2.09. The van der Waals surface area contributed by atoms with Crippen molar-refractivity contribution < 1.29 is 9.18 Å². The number of rotatable bonds is 4. The highest BCUT2D eigenvalue weighted by atomic mass is 19.1. The van der Waals surface area contributed by atoms with E-state index in [1.807, 2.05) is 6.92 Å². The molecule has 0 saturated carbocycles. The molecule has 0 aromatic heterocycles. The van der Waals surface area contributed by atoms with Gasteiger partial charge in [0.05, 0.1) is 0 Å². The Kier molecular flexibility index (Phi) is 3.62. The van der Waals surface area contributed by atoms with Crippen LogP contribution in [0.25, 0.3) is 0 Å². The first-order chi connectivity index (χ1) is 7.00. The van der Waals surface area contributed by atoms with Crippen molar-refractivity contribution in [2.24, 2.45) is 11.5 Å². The van der Waals surface area contributed by atoms with E-state index < -0.39 is 11.9 Å². The quantitative estimate of drug-likeness (QED) is 0.672. The molecule has 0 aliphatic heterocycles. The number of anilines is 1. The number of amides is 1. The lowest BCUT2D eigenvalue weighted by molar-refractivity contribution is -0.118. The minimum Gasteiger partial charge on any atom is -0.383 e. The van der Waals surface area contributed by atoms with Gasteiger partial charge in [0.15, 0.2) is 0 Å². The maximum atomic E-state index is 12.9. The van der Waals surface area contributed by atoms with Gasteiger partial charge < -0.3 is 16.8 Å². The van der Waals surface area contributed by atoms with E-state index in [0.717, 1.165) is 5.56 Å². The van der Waals surface area contributed by atoms with Crippen LogP contribution < -0.4 is 16.8 Å². The minimum absolute atomic E-state index is 0.194. The topological polar surface area (TPSA) is 81.1 Å². The number of nitrogens with one attached hydrogen (secondary N) is 1. The van der Waals surface area contributed by atoms with Gasteiger partial charge in [-0.2, -0.15) is 0 Å². The number of carbonyl (C=O) groups is 1. The fourth-order valence-electron chi connectivity index (χ4n) is 1.11. The summed E-state index contributed by atoms with van der Waals surface area (Å²) in [6, 6.07) is 3.60. The Morgan fingerprint density at radius 2 is 2.27 bits per heavy atom. The molecule has 0 saturated heterocycles. The van der Waals surface area contributed by atoms with E-state index >= 15 is 0 Å². The smallest absolute Gasteiger partial charge is 0.236 e. The SMILES string of the molecule is Cc1ccc(F)cc1NCC(N)C(N)=O. The highest BCUT2D eigenvalue weighted by molar-refractivity contribution is 5.80. The van der Waals surface area contributed by atoms with Gasteiger partial charge in [-0.05, 0) is 24.6 Å². The number of benzene rings is 1. The molecule has 4 nitrogen and oxygen atoms in total. The summed E-state index contributed by atoms with van der Waals surface area (Å²) < 4.78 is 12.9. The Morgan fingerprint density at radius 1 is 1.60 bits per heavy atom. The molecule has 5 heteroatoms. The van der Waals surface area contributed by atoms with Crippen molar-refractivity contribution >= 4 is 11.6 Å². The maximum absolute atomic E-state index is 12.9. The van der Waals surface area contributed by atoms with Crippen molar-refractivity contribution in [3.63, 3.8) is 0 Å². The summed E-state index contributed by atoms with van der Waals surface area (Å²) >= 11 is 0. The van der Waals surface area contributed by atoms with Gasteiger partial charge >= 0.3 is 0 Å². The van der Waals surface area contributed by atoms with Crippen LogP contribution in [0.5, 0.6) is 0 Å². The van der Waals surface area contributed by atoms with Crippen molar-refractivity contribution in [2.75, 3.05) is 11.9 Å². The third-order valence-corrected chi connectivity index (χ3v) is 2.08. The lowest BCUT2D eigenvalue weighted by Gasteiger charge is -2.12. The van der Waals surface area contributed by atoms with Crippen molar-refractivity contribution in [1.29, 1.82) is 0 Å². The van der Waals surface area contributed by atoms with Crippen molar-refractivity contribution in [2.45, 2.75) is 13.0 Å². The number of nitrogens with two attached hydrogens (primary N) is 2. The third kappa shape index (κ3) is 3.21. The van der Waals surface area contributed by atoms with E-state index in [2.05, 4.69) is 5.32 Å². The van der Waals surface area contributed by atoms with Crippen LogP contribution in [-0.4, -0.2) is 18.5 Å². The first kappa shape index (κ1) is 11.5. The largest absolute Gasteiger partial charge is 0.383 e. The Hall–Kier alpha value is -1.62. The lowest BCUT2D eigenvalue weighted by atomic mass is 10.2. The molecular weight excluding hydrogens is 197 g/mol. The van der Waals surface area contributed by atoms with E-state index in [4.69, 9.17) is 11.5 Å². The first-order valence-electron chi connectivity index (χ1n) is 4.55. The Morgan fingerprint density at radius 3 is 2.87 bits per heavy atom. The number of halogens is 1. The molecule has 15 heavy (non-hydrogen) atoms. The zero-order valence-corrected chi connectivity index (χ0v) is 8.46. The summed E-state index contributed by atoms with van der Waals surface area (Å²) in [5.74, 6) is -0.924. The molecule has 0 fully saturated rings. The van der Waals surface area contributed by atoms with E-state index in [1.54, 1.807) is 6.07 Å². The number of hydrogen-bond acceptors (Lipinski definition) is 3. The van der Waals surface area contributed by atoms with Crippen LogP contribution in [0.2, 0.25) is 0 Å². The summed E-state index contributed by atoms with van der Waals surface area (Å²) in [4.78, 5) is 10.7. The van der Waals surface area contributed by atoms with Gasteiger partial charge in [-0.3, -0.25) is 4.79 Å². The van der Waals surface area contributed by atoms with Crippen LogP contribution in [0, 0.1) is 12.7 Å². The molecule has 1 atom stereocenters. The second-order valence-electron chi connectivity index (χ2n) is 3.35. The van der Waals surface area contributed by atoms with Crippen molar-refractivity contribution in [3.8, 4) is 0 Å². The normalized spacial score (nSPS) is 12.2. The summed E-state index contributed by atoms with van der Waals surface area (Å²) in [6.45, 7) is 2.02.